The van der Waals surface area contributed by atoms with E-state index in [1.54, 1.807) is 29.5 Å². The van der Waals surface area contributed by atoms with Crippen LogP contribution in [0.3, 0.4) is 0 Å². The Morgan fingerprint density at radius 2 is 1.72 bits per heavy atom. The molecule has 0 fully saturated rings. The van der Waals surface area contributed by atoms with Crippen LogP contribution in [-0.4, -0.2) is 12.3 Å². The average molecular weight is 416 g/mol. The lowest BCUT2D eigenvalue weighted by atomic mass is 10.3. The molecule has 10 heteroatoms. The third-order valence-electron chi connectivity index (χ3n) is 2.90. The number of aromatic nitrogens is 3. The minimum absolute atomic E-state index is 0.0144. The van der Waals surface area contributed by atoms with Crippen LogP contribution < -0.4 is 16.7 Å². The van der Waals surface area contributed by atoms with E-state index in [-0.39, 0.29) is 16.7 Å². The lowest BCUT2D eigenvalue weighted by Crippen LogP contribution is -2.05. The molecule has 6 nitrogen and oxygen atoms in total. The molecule has 0 saturated carbocycles. The van der Waals surface area contributed by atoms with Crippen LogP contribution >= 0.6 is 46.2 Å². The quantitative estimate of drug-likeness (QED) is 0.479. The summed E-state index contributed by atoms with van der Waals surface area (Å²) in [6.45, 7) is 0. The van der Waals surface area contributed by atoms with Crippen molar-refractivity contribution in [2.24, 2.45) is 14.1 Å². The molecule has 4 aromatic rings. The molecular weight excluding hydrogens is 402 g/mol. The van der Waals surface area contributed by atoms with Crippen LogP contribution in [0.2, 0.25) is 4.34 Å². The number of benzene rings is 1. The summed E-state index contributed by atoms with van der Waals surface area (Å²) in [6, 6.07) is 10.5. The molecule has 4 rings (SSSR count). The SMILES string of the molecule is Cn1sc(Cl)cc1=O.Cn1sccc1=O.O=c1[nH]sc2ccccc12. The van der Waals surface area contributed by atoms with E-state index < -0.39 is 0 Å². The molecule has 1 N–H and O–H groups in total. The Morgan fingerprint density at radius 1 is 1.00 bits per heavy atom. The van der Waals surface area contributed by atoms with Gasteiger partial charge in [-0.15, -0.1) is 0 Å². The summed E-state index contributed by atoms with van der Waals surface area (Å²) in [7, 11) is 3.42. The number of aromatic amines is 1. The van der Waals surface area contributed by atoms with Crippen molar-refractivity contribution in [1.29, 1.82) is 0 Å². The standard InChI is InChI=1S/C7H5NOS.C4H4ClNOS.C4H5NOS/c9-7-5-3-1-2-4-6(5)10-8-7;1-6-4(7)2-3(5)8-6;1-5-4(6)2-3-7-5/h1-4H,(H,8,9);2H,1H3;2-3H,1H3. The number of hydrogen-bond acceptors (Lipinski definition) is 6. The molecule has 0 aliphatic heterocycles. The highest BCUT2D eigenvalue weighted by Gasteiger charge is 1.96. The van der Waals surface area contributed by atoms with Gasteiger partial charge in [-0.3, -0.25) is 26.7 Å². The van der Waals surface area contributed by atoms with Crippen LogP contribution in [0.4, 0.5) is 0 Å². The predicted octanol–water partition coefficient (Wildman–Crippen LogP) is 3.14. The van der Waals surface area contributed by atoms with E-state index in [0.717, 1.165) is 10.1 Å². The lowest BCUT2D eigenvalue weighted by Gasteiger charge is -1.79. The summed E-state index contributed by atoms with van der Waals surface area (Å²) < 4.78 is 7.27. The number of halogens is 1. The van der Waals surface area contributed by atoms with Gasteiger partial charge in [0.1, 0.15) is 4.34 Å². The molecule has 0 unspecified atom stereocenters. The first-order valence-electron chi connectivity index (χ1n) is 6.88. The monoisotopic (exact) mass is 415 g/mol. The van der Waals surface area contributed by atoms with Gasteiger partial charge in [0.25, 0.3) is 16.7 Å². The van der Waals surface area contributed by atoms with E-state index in [1.165, 1.54) is 44.6 Å². The molecule has 0 spiro atoms. The Kier molecular flexibility index (Phi) is 6.94. The van der Waals surface area contributed by atoms with Gasteiger partial charge in [-0.05, 0) is 23.7 Å². The van der Waals surface area contributed by atoms with E-state index in [9.17, 15) is 14.4 Å². The van der Waals surface area contributed by atoms with Crippen LogP contribution in [0, 0.1) is 0 Å². The minimum atomic E-state index is -0.0417. The van der Waals surface area contributed by atoms with Gasteiger partial charge in [-0.1, -0.05) is 46.8 Å². The maximum Gasteiger partial charge on any atom is 0.265 e. The third-order valence-corrected chi connectivity index (χ3v) is 5.58. The zero-order valence-electron chi connectivity index (χ0n) is 13.3. The second-order valence-electron chi connectivity index (χ2n) is 4.65. The van der Waals surface area contributed by atoms with Crippen LogP contribution in [0.1, 0.15) is 0 Å². The third kappa shape index (κ3) is 5.53. The normalized spacial score (nSPS) is 9.88. The van der Waals surface area contributed by atoms with Crippen molar-refractivity contribution in [1.82, 2.24) is 12.3 Å². The van der Waals surface area contributed by atoms with Gasteiger partial charge in [-0.2, -0.15) is 0 Å². The molecule has 132 valence electrons. The molecule has 3 heterocycles. The van der Waals surface area contributed by atoms with E-state index >= 15 is 0 Å². The van der Waals surface area contributed by atoms with Gasteiger partial charge in [0.2, 0.25) is 0 Å². The van der Waals surface area contributed by atoms with E-state index in [4.69, 9.17) is 11.6 Å². The first-order valence-corrected chi connectivity index (χ1v) is 9.69. The van der Waals surface area contributed by atoms with E-state index in [0.29, 0.717) is 4.34 Å². The van der Waals surface area contributed by atoms with Crippen molar-refractivity contribution in [3.8, 4) is 0 Å². The average Bonchev–Trinajstić information content (AvgIpc) is 3.23. The van der Waals surface area contributed by atoms with E-state index in [2.05, 4.69) is 4.37 Å². The fraction of sp³-hybridized carbons (Fsp3) is 0.133. The molecular formula is C15H14ClN3O3S3. The zero-order chi connectivity index (χ0) is 18.4. The largest absolute Gasteiger partial charge is 0.277 e. The molecule has 0 amide bonds. The summed E-state index contributed by atoms with van der Waals surface area (Å²) in [5, 5.41) is 2.55. The highest BCUT2D eigenvalue weighted by atomic mass is 35.5. The number of rotatable bonds is 0. The smallest absolute Gasteiger partial charge is 0.265 e. The summed E-state index contributed by atoms with van der Waals surface area (Å²) in [5.74, 6) is 0. The summed E-state index contributed by atoms with van der Waals surface area (Å²) in [6.07, 6.45) is 0. The number of hydrogen-bond donors (Lipinski definition) is 1. The predicted molar refractivity (Wildman–Crippen MR) is 107 cm³/mol. The Hall–Kier alpha value is -1.94. The van der Waals surface area contributed by atoms with Gasteiger partial charge in [-0.25, -0.2) is 0 Å². The van der Waals surface area contributed by atoms with Crippen molar-refractivity contribution in [3.05, 3.63) is 77.2 Å². The first-order chi connectivity index (χ1) is 11.9. The molecule has 0 bridgehead atoms. The first kappa shape index (κ1) is 19.4. The molecule has 0 aliphatic carbocycles. The molecule has 1 aromatic carbocycles. The van der Waals surface area contributed by atoms with Crippen molar-refractivity contribution in [2.75, 3.05) is 0 Å². The molecule has 0 aliphatic rings. The molecule has 25 heavy (non-hydrogen) atoms. The number of aryl methyl sites for hydroxylation is 2. The topological polar surface area (TPSA) is 76.9 Å². The molecule has 0 radical (unpaired) electrons. The van der Waals surface area contributed by atoms with Crippen LogP contribution in [-0.2, 0) is 14.1 Å². The van der Waals surface area contributed by atoms with Crippen molar-refractivity contribution in [2.45, 2.75) is 0 Å². The lowest BCUT2D eigenvalue weighted by molar-refractivity contribution is 0.981. The second-order valence-corrected chi connectivity index (χ2v) is 8.33. The fourth-order valence-corrected chi connectivity index (χ4v) is 3.84. The second kappa shape index (κ2) is 8.95. The Balaban J connectivity index is 0.000000138. The fourth-order valence-electron chi connectivity index (χ4n) is 1.63. The summed E-state index contributed by atoms with van der Waals surface area (Å²) in [4.78, 5) is 31.9. The maximum absolute atomic E-state index is 10.9. The minimum Gasteiger partial charge on any atom is -0.277 e. The maximum atomic E-state index is 10.9. The van der Waals surface area contributed by atoms with Crippen molar-refractivity contribution >= 4 is 56.3 Å². The molecule has 3 aromatic heterocycles. The number of H-pyrrole nitrogens is 1. The van der Waals surface area contributed by atoms with Gasteiger partial charge in [0, 0.05) is 31.6 Å². The summed E-state index contributed by atoms with van der Waals surface area (Å²) in [5.41, 5.74) is 0.0469. The van der Waals surface area contributed by atoms with Crippen LogP contribution in [0.25, 0.3) is 10.1 Å². The number of nitrogens with one attached hydrogen (secondary N) is 1. The van der Waals surface area contributed by atoms with Gasteiger partial charge < -0.3 is 0 Å². The Bertz CT molecular complexity index is 1120. The van der Waals surface area contributed by atoms with Gasteiger partial charge in [0.15, 0.2) is 0 Å². The van der Waals surface area contributed by atoms with Crippen LogP contribution in [0.15, 0.2) is 56.2 Å². The van der Waals surface area contributed by atoms with Gasteiger partial charge >= 0.3 is 0 Å². The molecule has 0 saturated heterocycles. The molecule has 0 atom stereocenters. The van der Waals surface area contributed by atoms with Gasteiger partial charge in [0.05, 0.1) is 10.1 Å². The number of fused-ring (bicyclic) bond motifs is 1. The van der Waals surface area contributed by atoms with Crippen molar-refractivity contribution in [3.63, 3.8) is 0 Å². The Labute approximate surface area is 159 Å². The summed E-state index contributed by atoms with van der Waals surface area (Å²) >= 11 is 9.49. The number of nitrogens with zero attached hydrogens (tertiary/aromatic N) is 2. The van der Waals surface area contributed by atoms with Crippen LogP contribution in [0.5, 0.6) is 0 Å². The van der Waals surface area contributed by atoms with E-state index in [1.807, 2.05) is 24.3 Å². The van der Waals surface area contributed by atoms with Crippen molar-refractivity contribution < 1.29 is 0 Å². The highest BCUT2D eigenvalue weighted by molar-refractivity contribution is 7.13. The highest BCUT2D eigenvalue weighted by Crippen LogP contribution is 2.11. The zero-order valence-corrected chi connectivity index (χ0v) is 16.5. The Morgan fingerprint density at radius 3 is 2.12 bits per heavy atom.